The van der Waals surface area contributed by atoms with E-state index in [0.29, 0.717) is 5.82 Å². The Morgan fingerprint density at radius 1 is 1.03 bits per heavy atom. The minimum Gasteiger partial charge on any atom is -0.464 e. The lowest BCUT2D eigenvalue weighted by atomic mass is 10.1. The van der Waals surface area contributed by atoms with Crippen LogP contribution in [-0.2, 0) is 4.74 Å². The van der Waals surface area contributed by atoms with Gasteiger partial charge in [-0.1, -0.05) is 0 Å². The molecule has 3 aromatic rings. The van der Waals surface area contributed by atoms with Gasteiger partial charge in [-0.05, 0) is 31.9 Å². The molecule has 1 aliphatic rings. The molecule has 4 rings (SSSR count). The second-order valence-electron chi connectivity index (χ2n) is 7.91. The minimum absolute atomic E-state index is 0.0237. The second-order valence-corrected chi connectivity index (χ2v) is 7.91. The van der Waals surface area contributed by atoms with Crippen LogP contribution in [0.4, 0.5) is 17.6 Å². The number of carbonyl (C=O) groups excluding carboxylic acids is 2. The maximum absolute atomic E-state index is 12.9. The van der Waals surface area contributed by atoms with Crippen molar-refractivity contribution in [3.05, 3.63) is 53.5 Å². The Labute approximate surface area is 206 Å². The van der Waals surface area contributed by atoms with E-state index in [-0.39, 0.29) is 28.8 Å². The molecule has 2 aromatic heterocycles. The summed E-state index contributed by atoms with van der Waals surface area (Å²) in [5.74, 6) is -1.41. The van der Waals surface area contributed by atoms with Crippen molar-refractivity contribution in [2.45, 2.75) is 44.9 Å². The number of halogens is 4. The molecule has 2 heterocycles. The fourth-order valence-corrected chi connectivity index (χ4v) is 3.33. The van der Waals surface area contributed by atoms with Crippen molar-refractivity contribution < 1.29 is 41.4 Å². The molecule has 0 radical (unpaired) electrons. The highest BCUT2D eigenvalue weighted by Crippen LogP contribution is 2.38. The van der Waals surface area contributed by atoms with Gasteiger partial charge in [0.25, 0.3) is 5.91 Å². The zero-order chi connectivity index (χ0) is 26.7. The first-order chi connectivity index (χ1) is 17.6. The Morgan fingerprint density at radius 3 is 2.19 bits per heavy atom. The van der Waals surface area contributed by atoms with Crippen molar-refractivity contribution in [2.24, 2.45) is 0 Å². The summed E-state index contributed by atoms with van der Waals surface area (Å²) in [4.78, 5) is 37.3. The molecule has 1 aromatic carbocycles. The molecule has 0 bridgehead atoms. The molecule has 0 saturated heterocycles. The van der Waals surface area contributed by atoms with Gasteiger partial charge in [0.15, 0.2) is 23.2 Å². The van der Waals surface area contributed by atoms with E-state index in [1.165, 1.54) is 24.2 Å². The highest BCUT2D eigenvalue weighted by Gasteiger charge is 2.31. The molecule has 196 valence electrons. The van der Waals surface area contributed by atoms with Gasteiger partial charge >= 0.3 is 19.2 Å². The molecule has 1 aliphatic carbocycles. The van der Waals surface area contributed by atoms with E-state index in [9.17, 15) is 27.2 Å². The Bertz CT molecular complexity index is 1250. The van der Waals surface area contributed by atoms with E-state index in [0.717, 1.165) is 31.0 Å². The fraction of sp³-hybridized carbons (Fsp3) is 0.364. The predicted molar refractivity (Wildman–Crippen MR) is 116 cm³/mol. The van der Waals surface area contributed by atoms with Gasteiger partial charge in [0, 0.05) is 17.5 Å². The van der Waals surface area contributed by atoms with Gasteiger partial charge in [-0.3, -0.25) is 4.79 Å². The molecule has 11 nitrogen and oxygen atoms in total. The monoisotopic (exact) mass is 524 g/mol. The average Bonchev–Trinajstić information content (AvgIpc) is 3.60. The average molecular weight is 524 g/mol. The Hall–Kier alpha value is -4.30. The van der Waals surface area contributed by atoms with Crippen molar-refractivity contribution in [1.82, 2.24) is 30.0 Å². The fourth-order valence-electron chi connectivity index (χ4n) is 3.33. The lowest BCUT2D eigenvalue weighted by Crippen LogP contribution is -2.29. The van der Waals surface area contributed by atoms with Crippen LogP contribution >= 0.6 is 0 Å². The Kier molecular flexibility index (Phi) is 7.50. The lowest BCUT2D eigenvalue weighted by molar-refractivity contribution is -0.0543. The maximum Gasteiger partial charge on any atom is 0.387 e. The number of methoxy groups -OCH3 is 1. The summed E-state index contributed by atoms with van der Waals surface area (Å²) in [7, 11) is 1.21. The van der Waals surface area contributed by atoms with E-state index in [4.69, 9.17) is 0 Å². The molecule has 1 atom stereocenters. The van der Waals surface area contributed by atoms with Gasteiger partial charge in [-0.2, -0.15) is 22.2 Å². The number of nitrogens with one attached hydrogen (secondary N) is 1. The number of amides is 1. The summed E-state index contributed by atoms with van der Waals surface area (Å²) < 4.78 is 65.2. The lowest BCUT2D eigenvalue weighted by Gasteiger charge is -2.16. The molecule has 1 amide bonds. The molecule has 0 aliphatic heterocycles. The van der Waals surface area contributed by atoms with E-state index < -0.39 is 42.6 Å². The Morgan fingerprint density at radius 2 is 1.68 bits per heavy atom. The van der Waals surface area contributed by atoms with E-state index in [1.54, 1.807) is 6.92 Å². The number of hydrogen-bond donors (Lipinski definition) is 1. The van der Waals surface area contributed by atoms with Crippen molar-refractivity contribution in [3.63, 3.8) is 0 Å². The topological polar surface area (TPSA) is 130 Å². The van der Waals surface area contributed by atoms with Gasteiger partial charge in [-0.25, -0.2) is 19.7 Å². The van der Waals surface area contributed by atoms with Crippen molar-refractivity contribution >= 4 is 11.9 Å². The summed E-state index contributed by atoms with van der Waals surface area (Å²) in [6, 6.07) is 1.93. The third-order valence-corrected chi connectivity index (χ3v) is 5.17. The third kappa shape index (κ3) is 6.29. The van der Waals surface area contributed by atoms with Gasteiger partial charge in [0.05, 0.1) is 25.5 Å². The van der Waals surface area contributed by atoms with Crippen molar-refractivity contribution in [1.29, 1.82) is 0 Å². The molecule has 1 N–H and O–H groups in total. The van der Waals surface area contributed by atoms with Crippen LogP contribution in [0.25, 0.3) is 5.82 Å². The van der Waals surface area contributed by atoms with Crippen LogP contribution in [0.2, 0.25) is 0 Å². The number of aromatic nitrogens is 5. The zero-order valence-electron chi connectivity index (χ0n) is 19.4. The first kappa shape index (κ1) is 25.8. The number of rotatable bonds is 10. The number of carbonyl (C=O) groups is 2. The summed E-state index contributed by atoms with van der Waals surface area (Å²) in [6.45, 7) is -4.91. The van der Waals surface area contributed by atoms with Crippen molar-refractivity contribution in [2.75, 3.05) is 7.11 Å². The number of hydrogen-bond acceptors (Lipinski definition) is 9. The van der Waals surface area contributed by atoms with Crippen LogP contribution < -0.4 is 14.8 Å². The molecule has 0 spiro atoms. The van der Waals surface area contributed by atoms with E-state index >= 15 is 0 Å². The molecule has 37 heavy (non-hydrogen) atoms. The molecular weight excluding hydrogens is 504 g/mol. The van der Waals surface area contributed by atoms with E-state index in [2.05, 4.69) is 39.6 Å². The van der Waals surface area contributed by atoms with Crippen LogP contribution in [0.3, 0.4) is 0 Å². The molecule has 1 fully saturated rings. The summed E-state index contributed by atoms with van der Waals surface area (Å²) >= 11 is 0. The van der Waals surface area contributed by atoms with E-state index in [1.807, 2.05) is 0 Å². The zero-order valence-corrected chi connectivity index (χ0v) is 19.4. The summed E-state index contributed by atoms with van der Waals surface area (Å²) in [5, 5.41) is 7.09. The van der Waals surface area contributed by atoms with Crippen LogP contribution in [0.5, 0.6) is 11.5 Å². The molecular formula is C22H20F4N6O5. The first-order valence-corrected chi connectivity index (χ1v) is 10.9. The number of esters is 1. The number of alkyl halides is 4. The quantitative estimate of drug-likeness (QED) is 0.313. The maximum atomic E-state index is 12.9. The van der Waals surface area contributed by atoms with Crippen LogP contribution in [-0.4, -0.2) is 56.9 Å². The van der Waals surface area contributed by atoms with Crippen LogP contribution in [0.1, 0.15) is 64.2 Å². The smallest absolute Gasteiger partial charge is 0.387 e. The summed E-state index contributed by atoms with van der Waals surface area (Å²) in [5.41, 5.74) is -0.291. The third-order valence-electron chi connectivity index (χ3n) is 5.17. The van der Waals surface area contributed by atoms with Gasteiger partial charge in [-0.15, -0.1) is 5.10 Å². The highest BCUT2D eigenvalue weighted by atomic mass is 19.3. The van der Waals surface area contributed by atoms with Crippen molar-refractivity contribution in [3.8, 4) is 17.3 Å². The molecule has 0 unspecified atom stereocenters. The molecule has 15 heteroatoms. The number of benzene rings is 1. The highest BCUT2D eigenvalue weighted by molar-refractivity contribution is 5.95. The van der Waals surface area contributed by atoms with Gasteiger partial charge < -0.3 is 19.5 Å². The standard InChI is InChI=1S/C22H20F4N6O5/c1-10(29-19(33)12-5-13(36-21(23)24)7-14(6-12)37-22(25)26)18-30-17(11-3-4-11)31-32(18)16-9-27-15(8-28-16)20(34)35-2/h5-11,21-22H,3-4H2,1-2H3,(H,29,33)/t10-/m0/s1. The largest absolute Gasteiger partial charge is 0.464 e. The second kappa shape index (κ2) is 10.8. The van der Waals surface area contributed by atoms with Crippen LogP contribution in [0, 0.1) is 0 Å². The molecule has 1 saturated carbocycles. The Balaban J connectivity index is 1.61. The van der Waals surface area contributed by atoms with Crippen LogP contribution in [0.15, 0.2) is 30.6 Å². The van der Waals surface area contributed by atoms with Gasteiger partial charge in [0.2, 0.25) is 0 Å². The number of nitrogens with zero attached hydrogens (tertiary/aromatic N) is 5. The van der Waals surface area contributed by atoms with Gasteiger partial charge in [0.1, 0.15) is 11.5 Å². The minimum atomic E-state index is -3.25. The predicted octanol–water partition coefficient (Wildman–Crippen LogP) is 3.42. The summed E-state index contributed by atoms with van der Waals surface area (Å²) in [6.07, 6.45) is 4.27. The number of ether oxygens (including phenoxy) is 3. The first-order valence-electron chi connectivity index (χ1n) is 10.9. The normalized spacial score (nSPS) is 13.9. The SMILES string of the molecule is COC(=O)c1cnc(-n2nc(C3CC3)nc2[C@H](C)NC(=O)c2cc(OC(F)F)cc(OC(F)F)c2)cn1.